The van der Waals surface area contributed by atoms with Crippen molar-refractivity contribution in [2.24, 2.45) is 0 Å². The molecule has 2 aromatic carbocycles. The Kier molecular flexibility index (Phi) is 2.37. The predicted octanol–water partition coefficient (Wildman–Crippen LogP) is 3.00. The van der Waals surface area contributed by atoms with Gasteiger partial charge in [-0.3, -0.25) is 5.11 Å². The van der Waals surface area contributed by atoms with Crippen LogP contribution in [0.1, 0.15) is 0 Å². The minimum absolute atomic E-state index is 0.102. The van der Waals surface area contributed by atoms with Gasteiger partial charge >= 0.3 is 0 Å². The normalized spacial score (nSPS) is 10.3. The van der Waals surface area contributed by atoms with Crippen LogP contribution in [0.2, 0.25) is 0 Å². The van der Waals surface area contributed by atoms with E-state index in [-0.39, 0.29) is 5.75 Å². The van der Waals surface area contributed by atoms with Crippen LogP contribution in [0, 0.1) is 0 Å². The average Bonchev–Trinajstić information content (AvgIpc) is 2.28. The average molecular weight is 203 g/mol. The minimum atomic E-state index is -0.102. The van der Waals surface area contributed by atoms with E-state index in [1.54, 1.807) is 13.2 Å². The van der Waals surface area contributed by atoms with Crippen LogP contribution in [-0.4, -0.2) is 14.2 Å². The molecule has 2 rings (SSSR count). The molecule has 77 valence electrons. The number of benzene rings is 2. The van der Waals surface area contributed by atoms with Crippen molar-refractivity contribution in [1.29, 1.82) is 0 Å². The summed E-state index contributed by atoms with van der Waals surface area (Å²) < 4.78 is 10.2. The van der Waals surface area contributed by atoms with Gasteiger partial charge in [0.25, 0.3) is 0 Å². The summed E-state index contributed by atoms with van der Waals surface area (Å²) in [5.74, 6) is 1.05. The molecule has 0 aliphatic rings. The maximum atomic E-state index is 11.5. The van der Waals surface area contributed by atoms with Crippen molar-refractivity contribution >= 4 is 10.8 Å². The lowest BCUT2D eigenvalue weighted by atomic mass is 10.1. The van der Waals surface area contributed by atoms with E-state index in [1.807, 2.05) is 18.2 Å². The van der Waals surface area contributed by atoms with E-state index in [4.69, 9.17) is 9.47 Å². The van der Waals surface area contributed by atoms with Crippen LogP contribution in [0.15, 0.2) is 30.3 Å². The fourth-order valence-electron chi connectivity index (χ4n) is 1.60. The summed E-state index contributed by atoms with van der Waals surface area (Å²) in [6, 6.07) is 8.78. The summed E-state index contributed by atoms with van der Waals surface area (Å²) in [6.45, 7) is 0. The van der Waals surface area contributed by atoms with Gasteiger partial charge < -0.3 is 9.47 Å². The van der Waals surface area contributed by atoms with Crippen LogP contribution >= 0.6 is 0 Å². The molecule has 0 spiro atoms. The lowest BCUT2D eigenvalue weighted by molar-refractivity contribution is 0.318. The van der Waals surface area contributed by atoms with Crippen LogP contribution in [-0.2, 0) is 5.11 Å². The zero-order chi connectivity index (χ0) is 10.8. The number of hydrogen-bond donors (Lipinski definition) is 0. The van der Waals surface area contributed by atoms with Gasteiger partial charge in [0, 0.05) is 5.39 Å². The standard InChI is InChI=1S/C12H11O3/c1-14-9-4-5-10-8(7-9)3-6-11(13)12(10)15-2/h3-7H,1-2H3. The first-order valence-electron chi connectivity index (χ1n) is 4.58. The van der Waals surface area contributed by atoms with E-state index in [0.29, 0.717) is 5.75 Å². The number of methoxy groups -OCH3 is 2. The van der Waals surface area contributed by atoms with E-state index >= 15 is 0 Å². The summed E-state index contributed by atoms with van der Waals surface area (Å²) >= 11 is 0. The van der Waals surface area contributed by atoms with Crippen LogP contribution in [0.4, 0.5) is 0 Å². The van der Waals surface area contributed by atoms with E-state index in [0.717, 1.165) is 16.5 Å². The Morgan fingerprint density at radius 2 is 1.80 bits per heavy atom. The third kappa shape index (κ3) is 1.56. The highest BCUT2D eigenvalue weighted by Gasteiger charge is 2.08. The topological polar surface area (TPSA) is 38.4 Å². The summed E-state index contributed by atoms with van der Waals surface area (Å²) in [5.41, 5.74) is 0. The minimum Gasteiger partial charge on any atom is -0.497 e. The van der Waals surface area contributed by atoms with Crippen molar-refractivity contribution < 1.29 is 14.6 Å². The monoisotopic (exact) mass is 203 g/mol. The van der Waals surface area contributed by atoms with Crippen molar-refractivity contribution in [1.82, 2.24) is 0 Å². The smallest absolute Gasteiger partial charge is 0.221 e. The van der Waals surface area contributed by atoms with Crippen LogP contribution < -0.4 is 9.47 Å². The largest absolute Gasteiger partial charge is 0.497 e. The Hall–Kier alpha value is -1.90. The summed E-state index contributed by atoms with van der Waals surface area (Å²) in [4.78, 5) is 0. The highest BCUT2D eigenvalue weighted by Crippen LogP contribution is 2.36. The van der Waals surface area contributed by atoms with Crippen molar-refractivity contribution in [3.8, 4) is 17.2 Å². The fourth-order valence-corrected chi connectivity index (χ4v) is 1.60. The summed E-state index contributed by atoms with van der Waals surface area (Å²) in [7, 11) is 3.11. The Labute approximate surface area is 87.9 Å². The summed E-state index contributed by atoms with van der Waals surface area (Å²) in [5, 5.41) is 13.2. The third-order valence-electron chi connectivity index (χ3n) is 2.35. The van der Waals surface area contributed by atoms with Crippen molar-refractivity contribution in [2.75, 3.05) is 14.2 Å². The van der Waals surface area contributed by atoms with Crippen molar-refractivity contribution in [3.05, 3.63) is 30.3 Å². The molecular formula is C12H11O3. The molecule has 0 amide bonds. The van der Waals surface area contributed by atoms with Gasteiger partial charge in [0.2, 0.25) is 5.75 Å². The van der Waals surface area contributed by atoms with Crippen LogP contribution in [0.25, 0.3) is 10.8 Å². The molecule has 0 N–H and O–H groups in total. The lowest BCUT2D eigenvalue weighted by Crippen LogP contribution is -1.87. The van der Waals surface area contributed by atoms with Crippen LogP contribution in [0.3, 0.4) is 0 Å². The molecule has 0 heterocycles. The molecule has 0 aliphatic heterocycles. The third-order valence-corrected chi connectivity index (χ3v) is 2.35. The lowest BCUT2D eigenvalue weighted by Gasteiger charge is -2.07. The molecule has 15 heavy (non-hydrogen) atoms. The first-order chi connectivity index (χ1) is 7.26. The maximum Gasteiger partial charge on any atom is 0.221 e. The first kappa shape index (κ1) is 9.65. The van der Waals surface area contributed by atoms with Gasteiger partial charge in [-0.25, -0.2) is 0 Å². The Morgan fingerprint density at radius 1 is 1.00 bits per heavy atom. The van der Waals surface area contributed by atoms with Crippen LogP contribution in [0.5, 0.6) is 17.2 Å². The molecular weight excluding hydrogens is 192 g/mol. The second kappa shape index (κ2) is 3.69. The Bertz CT molecular complexity index is 491. The molecule has 0 saturated carbocycles. The molecule has 2 aromatic rings. The number of ether oxygens (including phenoxy) is 2. The Balaban J connectivity index is 2.72. The number of rotatable bonds is 2. The molecule has 3 heteroatoms. The highest BCUT2D eigenvalue weighted by atomic mass is 16.5. The number of hydrogen-bond acceptors (Lipinski definition) is 2. The van der Waals surface area contributed by atoms with Gasteiger partial charge in [-0.2, -0.15) is 0 Å². The predicted molar refractivity (Wildman–Crippen MR) is 57.2 cm³/mol. The van der Waals surface area contributed by atoms with Gasteiger partial charge in [0.15, 0.2) is 5.75 Å². The molecule has 0 bridgehead atoms. The second-order valence-corrected chi connectivity index (χ2v) is 3.18. The van der Waals surface area contributed by atoms with Crippen molar-refractivity contribution in [2.45, 2.75) is 0 Å². The zero-order valence-electron chi connectivity index (χ0n) is 8.61. The van der Waals surface area contributed by atoms with Gasteiger partial charge in [-0.05, 0) is 29.7 Å². The fraction of sp³-hybridized carbons (Fsp3) is 0.167. The number of fused-ring (bicyclic) bond motifs is 1. The molecule has 0 fully saturated rings. The molecule has 0 atom stereocenters. The zero-order valence-corrected chi connectivity index (χ0v) is 8.61. The van der Waals surface area contributed by atoms with Gasteiger partial charge in [0.05, 0.1) is 14.2 Å². The van der Waals surface area contributed by atoms with E-state index in [2.05, 4.69) is 0 Å². The van der Waals surface area contributed by atoms with Gasteiger partial charge in [-0.15, -0.1) is 0 Å². The molecule has 3 nitrogen and oxygen atoms in total. The molecule has 0 unspecified atom stereocenters. The SMILES string of the molecule is COc1ccc2c(OC)c([O])ccc2c1. The first-order valence-corrected chi connectivity index (χ1v) is 4.58. The van der Waals surface area contributed by atoms with Gasteiger partial charge in [-0.1, -0.05) is 6.07 Å². The van der Waals surface area contributed by atoms with E-state index in [9.17, 15) is 5.11 Å². The van der Waals surface area contributed by atoms with Crippen molar-refractivity contribution in [3.63, 3.8) is 0 Å². The molecule has 0 saturated heterocycles. The second-order valence-electron chi connectivity index (χ2n) is 3.18. The molecule has 0 aromatic heterocycles. The van der Waals surface area contributed by atoms with Gasteiger partial charge in [0.1, 0.15) is 5.75 Å². The van der Waals surface area contributed by atoms with E-state index < -0.39 is 0 Å². The highest BCUT2D eigenvalue weighted by molar-refractivity contribution is 5.91. The van der Waals surface area contributed by atoms with E-state index in [1.165, 1.54) is 13.2 Å². The molecule has 0 aliphatic carbocycles. The summed E-state index contributed by atoms with van der Waals surface area (Å²) in [6.07, 6.45) is 0. The quantitative estimate of drug-likeness (QED) is 0.752. The Morgan fingerprint density at radius 3 is 2.47 bits per heavy atom. The maximum absolute atomic E-state index is 11.5. The molecule has 1 radical (unpaired) electrons.